The summed E-state index contributed by atoms with van der Waals surface area (Å²) in [5.74, 6) is -0.764. The molecule has 130 valence electrons. The third-order valence-corrected chi connectivity index (χ3v) is 4.39. The fraction of sp³-hybridized carbons (Fsp3) is 0.500. The summed E-state index contributed by atoms with van der Waals surface area (Å²) in [6.07, 6.45) is 4.06. The van der Waals surface area contributed by atoms with Crippen LogP contribution in [0.3, 0.4) is 0 Å². The Morgan fingerprint density at radius 3 is 2.25 bits per heavy atom. The molecular formula is C18H24N2O4. The van der Waals surface area contributed by atoms with Crippen molar-refractivity contribution < 1.29 is 19.1 Å². The standard InChI is InChI=1S/C18H24N2O4/c1-13(21)19-12-14-6-8-15(9-7-14)16(22)20-18(17(23)24-2)10-4-3-5-11-18/h6-9H,3-5,10-12H2,1-2H3,(H,19,21)(H,20,22). The van der Waals surface area contributed by atoms with E-state index in [1.807, 2.05) is 0 Å². The Morgan fingerprint density at radius 1 is 1.08 bits per heavy atom. The lowest BCUT2D eigenvalue weighted by molar-refractivity contribution is -0.149. The molecule has 0 spiro atoms. The van der Waals surface area contributed by atoms with Gasteiger partial charge in [-0.1, -0.05) is 31.4 Å². The molecule has 2 N–H and O–H groups in total. The van der Waals surface area contributed by atoms with Crippen LogP contribution in [0.4, 0.5) is 0 Å². The van der Waals surface area contributed by atoms with Crippen molar-refractivity contribution in [2.24, 2.45) is 0 Å². The van der Waals surface area contributed by atoms with Gasteiger partial charge in [-0.05, 0) is 30.5 Å². The number of nitrogens with one attached hydrogen (secondary N) is 2. The van der Waals surface area contributed by atoms with E-state index in [4.69, 9.17) is 4.74 Å². The number of ether oxygens (including phenoxy) is 1. The molecule has 0 unspecified atom stereocenters. The fourth-order valence-electron chi connectivity index (χ4n) is 3.02. The van der Waals surface area contributed by atoms with Gasteiger partial charge in [0.15, 0.2) is 0 Å². The monoisotopic (exact) mass is 332 g/mol. The van der Waals surface area contributed by atoms with E-state index in [9.17, 15) is 14.4 Å². The second kappa shape index (κ2) is 7.95. The Kier molecular flexibility index (Phi) is 5.95. The number of hydrogen-bond donors (Lipinski definition) is 2. The van der Waals surface area contributed by atoms with Gasteiger partial charge >= 0.3 is 5.97 Å². The topological polar surface area (TPSA) is 84.5 Å². The van der Waals surface area contributed by atoms with Crippen molar-refractivity contribution in [3.63, 3.8) is 0 Å². The first kappa shape index (κ1) is 18.0. The van der Waals surface area contributed by atoms with E-state index in [1.54, 1.807) is 24.3 Å². The Hall–Kier alpha value is -2.37. The maximum Gasteiger partial charge on any atom is 0.331 e. The highest BCUT2D eigenvalue weighted by molar-refractivity contribution is 5.98. The van der Waals surface area contributed by atoms with E-state index in [1.165, 1.54) is 14.0 Å². The number of benzene rings is 1. The molecule has 1 fully saturated rings. The molecule has 1 saturated carbocycles. The minimum atomic E-state index is -0.918. The van der Waals surface area contributed by atoms with Crippen LogP contribution in [0.25, 0.3) is 0 Å². The van der Waals surface area contributed by atoms with Gasteiger partial charge in [0.2, 0.25) is 5.91 Å². The van der Waals surface area contributed by atoms with Gasteiger partial charge in [0, 0.05) is 19.0 Å². The first-order valence-electron chi connectivity index (χ1n) is 8.21. The Bertz CT molecular complexity index is 604. The highest BCUT2D eigenvalue weighted by Gasteiger charge is 2.42. The summed E-state index contributed by atoms with van der Waals surface area (Å²) in [5.41, 5.74) is 0.469. The minimum Gasteiger partial charge on any atom is -0.467 e. The van der Waals surface area contributed by atoms with Crippen LogP contribution in [0.5, 0.6) is 0 Å². The molecule has 1 aromatic rings. The maximum atomic E-state index is 12.5. The molecule has 0 aromatic heterocycles. The Labute approximate surface area is 142 Å². The average Bonchev–Trinajstić information content (AvgIpc) is 2.60. The molecule has 0 saturated heterocycles. The summed E-state index contributed by atoms with van der Waals surface area (Å²) in [6, 6.07) is 6.97. The van der Waals surface area contributed by atoms with Crippen LogP contribution in [0.15, 0.2) is 24.3 Å². The van der Waals surface area contributed by atoms with Gasteiger partial charge in [0.25, 0.3) is 5.91 Å². The molecule has 0 heterocycles. The number of hydrogen-bond acceptors (Lipinski definition) is 4. The van der Waals surface area contributed by atoms with E-state index in [-0.39, 0.29) is 17.8 Å². The van der Waals surface area contributed by atoms with Gasteiger partial charge in [-0.3, -0.25) is 9.59 Å². The van der Waals surface area contributed by atoms with Crippen molar-refractivity contribution >= 4 is 17.8 Å². The molecule has 2 amide bonds. The van der Waals surface area contributed by atoms with Crippen LogP contribution in [0.2, 0.25) is 0 Å². The number of rotatable bonds is 5. The van der Waals surface area contributed by atoms with E-state index in [2.05, 4.69) is 10.6 Å². The van der Waals surface area contributed by atoms with E-state index < -0.39 is 5.54 Å². The van der Waals surface area contributed by atoms with Crippen LogP contribution >= 0.6 is 0 Å². The molecule has 6 nitrogen and oxygen atoms in total. The van der Waals surface area contributed by atoms with Gasteiger partial charge in [0.1, 0.15) is 5.54 Å². The minimum absolute atomic E-state index is 0.103. The lowest BCUT2D eigenvalue weighted by atomic mass is 9.81. The lowest BCUT2D eigenvalue weighted by Gasteiger charge is -2.35. The van der Waals surface area contributed by atoms with Gasteiger partial charge in [-0.2, -0.15) is 0 Å². The lowest BCUT2D eigenvalue weighted by Crippen LogP contribution is -2.56. The quantitative estimate of drug-likeness (QED) is 0.807. The predicted molar refractivity (Wildman–Crippen MR) is 89.3 cm³/mol. The number of carbonyl (C=O) groups is 3. The SMILES string of the molecule is COC(=O)C1(NC(=O)c2ccc(CNC(C)=O)cc2)CCCCC1. The van der Waals surface area contributed by atoms with Crippen molar-refractivity contribution in [2.45, 2.75) is 51.1 Å². The Balaban J connectivity index is 2.07. The van der Waals surface area contributed by atoms with Crippen LogP contribution in [-0.4, -0.2) is 30.4 Å². The number of methoxy groups -OCH3 is 1. The van der Waals surface area contributed by atoms with Crippen molar-refractivity contribution in [1.82, 2.24) is 10.6 Å². The highest BCUT2D eigenvalue weighted by Crippen LogP contribution is 2.29. The third-order valence-electron chi connectivity index (χ3n) is 4.39. The summed E-state index contributed by atoms with van der Waals surface area (Å²) in [6.45, 7) is 1.88. The van der Waals surface area contributed by atoms with Crippen molar-refractivity contribution in [3.05, 3.63) is 35.4 Å². The maximum absolute atomic E-state index is 12.5. The molecule has 0 bridgehead atoms. The molecule has 1 aliphatic rings. The first-order chi connectivity index (χ1) is 11.5. The molecule has 0 atom stereocenters. The molecule has 1 aliphatic carbocycles. The molecule has 24 heavy (non-hydrogen) atoms. The summed E-state index contributed by atoms with van der Waals surface area (Å²) in [4.78, 5) is 35.6. The van der Waals surface area contributed by atoms with Gasteiger partial charge < -0.3 is 15.4 Å². The molecule has 1 aromatic carbocycles. The van der Waals surface area contributed by atoms with Crippen LogP contribution < -0.4 is 10.6 Å². The van der Waals surface area contributed by atoms with E-state index >= 15 is 0 Å². The van der Waals surface area contributed by atoms with Crippen molar-refractivity contribution in [3.8, 4) is 0 Å². The largest absolute Gasteiger partial charge is 0.467 e. The average molecular weight is 332 g/mol. The van der Waals surface area contributed by atoms with E-state index in [0.717, 1.165) is 24.8 Å². The second-order valence-corrected chi connectivity index (χ2v) is 6.20. The molecule has 6 heteroatoms. The summed E-state index contributed by atoms with van der Waals surface area (Å²) in [7, 11) is 1.35. The first-order valence-corrected chi connectivity index (χ1v) is 8.21. The smallest absolute Gasteiger partial charge is 0.331 e. The number of esters is 1. The number of amides is 2. The molecular weight excluding hydrogens is 308 g/mol. The summed E-state index contributed by atoms with van der Waals surface area (Å²) >= 11 is 0. The molecule has 2 rings (SSSR count). The van der Waals surface area contributed by atoms with Gasteiger partial charge in [-0.15, -0.1) is 0 Å². The van der Waals surface area contributed by atoms with Crippen LogP contribution in [0.1, 0.15) is 54.9 Å². The van der Waals surface area contributed by atoms with E-state index in [0.29, 0.717) is 24.9 Å². The molecule has 0 aliphatic heterocycles. The van der Waals surface area contributed by atoms with Crippen molar-refractivity contribution in [2.75, 3.05) is 7.11 Å². The fourth-order valence-corrected chi connectivity index (χ4v) is 3.02. The predicted octanol–water partition coefficient (Wildman–Crippen LogP) is 1.93. The summed E-state index contributed by atoms with van der Waals surface area (Å²) < 4.78 is 4.91. The highest BCUT2D eigenvalue weighted by atomic mass is 16.5. The Morgan fingerprint density at radius 2 is 1.71 bits per heavy atom. The third kappa shape index (κ3) is 4.34. The normalized spacial score (nSPS) is 16.1. The van der Waals surface area contributed by atoms with Crippen LogP contribution in [0, 0.1) is 0 Å². The number of carbonyl (C=O) groups excluding carboxylic acids is 3. The van der Waals surface area contributed by atoms with Gasteiger partial charge in [0.05, 0.1) is 7.11 Å². The second-order valence-electron chi connectivity index (χ2n) is 6.20. The summed E-state index contributed by atoms with van der Waals surface area (Å²) in [5, 5.41) is 5.59. The zero-order valence-corrected chi connectivity index (χ0v) is 14.2. The van der Waals surface area contributed by atoms with Crippen molar-refractivity contribution in [1.29, 1.82) is 0 Å². The zero-order chi connectivity index (χ0) is 17.6. The van der Waals surface area contributed by atoms with Crippen LogP contribution in [-0.2, 0) is 20.9 Å². The van der Waals surface area contributed by atoms with Gasteiger partial charge in [-0.25, -0.2) is 4.79 Å². The molecule has 0 radical (unpaired) electrons. The zero-order valence-electron chi connectivity index (χ0n) is 14.2.